The van der Waals surface area contributed by atoms with Gasteiger partial charge in [-0.15, -0.1) is 0 Å². The van der Waals surface area contributed by atoms with Crippen LogP contribution in [0.2, 0.25) is 0 Å². The summed E-state index contributed by atoms with van der Waals surface area (Å²) in [6.07, 6.45) is 3.35. The van der Waals surface area contributed by atoms with E-state index >= 15 is 0 Å². The maximum Gasteiger partial charge on any atom is 0.194 e. The van der Waals surface area contributed by atoms with Crippen LogP contribution >= 0.6 is 0 Å². The second-order valence-electron chi connectivity index (χ2n) is 6.15. The van der Waals surface area contributed by atoms with E-state index < -0.39 is 0 Å². The summed E-state index contributed by atoms with van der Waals surface area (Å²) in [7, 11) is 3.52. The van der Waals surface area contributed by atoms with Crippen LogP contribution in [-0.4, -0.2) is 70.6 Å². The highest BCUT2D eigenvalue weighted by Crippen LogP contribution is 2.25. The molecular formula is C19H27N3O3. The second kappa shape index (κ2) is 8.87. The van der Waals surface area contributed by atoms with Gasteiger partial charge in [0.1, 0.15) is 5.75 Å². The van der Waals surface area contributed by atoms with E-state index in [0.717, 1.165) is 37.8 Å². The molecule has 1 fully saturated rings. The summed E-state index contributed by atoms with van der Waals surface area (Å²) >= 11 is 0. The number of benzene rings is 1. The Hall–Kier alpha value is -2.05. The van der Waals surface area contributed by atoms with Gasteiger partial charge in [-0.25, -0.2) is 0 Å². The van der Waals surface area contributed by atoms with Gasteiger partial charge >= 0.3 is 0 Å². The monoisotopic (exact) mass is 345 g/mol. The van der Waals surface area contributed by atoms with Crippen LogP contribution in [0.15, 0.2) is 35.3 Å². The molecule has 2 heterocycles. The molecule has 0 aliphatic carbocycles. The molecule has 1 saturated heterocycles. The number of nitrogens with zero attached hydrogens (tertiary/aromatic N) is 2. The van der Waals surface area contributed by atoms with E-state index in [9.17, 15) is 0 Å². The number of guanidine groups is 1. The number of methoxy groups -OCH3 is 1. The predicted molar refractivity (Wildman–Crippen MR) is 99.1 cm³/mol. The van der Waals surface area contributed by atoms with Crippen molar-refractivity contribution in [3.8, 4) is 5.75 Å². The molecule has 6 heteroatoms. The summed E-state index contributed by atoms with van der Waals surface area (Å²) in [4.78, 5) is 6.66. The largest absolute Gasteiger partial charge is 0.497 e. The fourth-order valence-corrected chi connectivity index (χ4v) is 3.14. The number of aliphatic imine (C=N–C) groups is 1. The third kappa shape index (κ3) is 4.74. The lowest BCUT2D eigenvalue weighted by Gasteiger charge is -2.31. The quantitative estimate of drug-likeness (QED) is 0.666. The van der Waals surface area contributed by atoms with Gasteiger partial charge in [0.05, 0.1) is 33.0 Å². The highest BCUT2D eigenvalue weighted by atomic mass is 16.6. The molecule has 0 aromatic heterocycles. The Morgan fingerprint density at radius 3 is 3.00 bits per heavy atom. The minimum atomic E-state index is 0.0955. The fourth-order valence-electron chi connectivity index (χ4n) is 3.14. The first-order valence-corrected chi connectivity index (χ1v) is 8.78. The molecule has 1 aromatic carbocycles. The number of nitrogens with one attached hydrogen (secondary N) is 1. The van der Waals surface area contributed by atoms with Crippen molar-refractivity contribution in [1.82, 2.24) is 10.2 Å². The van der Waals surface area contributed by atoms with E-state index in [4.69, 9.17) is 14.2 Å². The van der Waals surface area contributed by atoms with Crippen molar-refractivity contribution >= 4 is 11.5 Å². The third-order valence-electron chi connectivity index (χ3n) is 4.53. The minimum absolute atomic E-state index is 0.0955. The van der Waals surface area contributed by atoms with Crippen molar-refractivity contribution in [3.05, 3.63) is 35.9 Å². The van der Waals surface area contributed by atoms with E-state index in [-0.39, 0.29) is 6.10 Å². The van der Waals surface area contributed by atoms with Crippen molar-refractivity contribution in [1.29, 1.82) is 0 Å². The highest BCUT2D eigenvalue weighted by molar-refractivity contribution is 5.81. The molecule has 6 nitrogen and oxygen atoms in total. The van der Waals surface area contributed by atoms with Crippen LogP contribution in [0.5, 0.6) is 5.75 Å². The van der Waals surface area contributed by atoms with Crippen LogP contribution in [-0.2, 0) is 9.47 Å². The van der Waals surface area contributed by atoms with Crippen LogP contribution in [0.25, 0.3) is 5.57 Å². The lowest BCUT2D eigenvalue weighted by molar-refractivity contribution is -0.0851. The van der Waals surface area contributed by atoms with Crippen LogP contribution < -0.4 is 10.1 Å². The van der Waals surface area contributed by atoms with Gasteiger partial charge in [0, 0.05) is 26.7 Å². The van der Waals surface area contributed by atoms with E-state index in [1.807, 2.05) is 19.2 Å². The zero-order valence-electron chi connectivity index (χ0n) is 15.0. The molecular weight excluding hydrogens is 318 g/mol. The van der Waals surface area contributed by atoms with Crippen LogP contribution in [0.4, 0.5) is 0 Å². The average molecular weight is 345 g/mol. The summed E-state index contributed by atoms with van der Waals surface area (Å²) in [5.74, 6) is 1.81. The minimum Gasteiger partial charge on any atom is -0.497 e. The smallest absolute Gasteiger partial charge is 0.194 e. The van der Waals surface area contributed by atoms with Crippen molar-refractivity contribution in [2.75, 3.05) is 53.6 Å². The summed E-state index contributed by atoms with van der Waals surface area (Å²) < 4.78 is 16.4. The molecule has 3 rings (SSSR count). The Balaban J connectivity index is 1.56. The van der Waals surface area contributed by atoms with Crippen LogP contribution in [0.1, 0.15) is 12.0 Å². The summed E-state index contributed by atoms with van der Waals surface area (Å²) in [5, 5.41) is 3.40. The second-order valence-corrected chi connectivity index (χ2v) is 6.15. The third-order valence-corrected chi connectivity index (χ3v) is 4.53. The molecule has 2 aliphatic heterocycles. The van der Waals surface area contributed by atoms with Gasteiger partial charge in [0.2, 0.25) is 0 Å². The summed E-state index contributed by atoms with van der Waals surface area (Å²) in [6, 6.07) is 8.24. The Labute approximate surface area is 149 Å². The Kier molecular flexibility index (Phi) is 6.30. The van der Waals surface area contributed by atoms with Gasteiger partial charge < -0.3 is 24.4 Å². The molecule has 0 bridgehead atoms. The van der Waals surface area contributed by atoms with Crippen LogP contribution in [0.3, 0.4) is 0 Å². The van der Waals surface area contributed by atoms with Gasteiger partial charge in [-0.05, 0) is 29.7 Å². The van der Waals surface area contributed by atoms with E-state index in [2.05, 4.69) is 33.4 Å². The zero-order valence-corrected chi connectivity index (χ0v) is 15.0. The molecule has 1 N–H and O–H groups in total. The first kappa shape index (κ1) is 17.8. The normalized spacial score (nSPS) is 21.7. The molecule has 136 valence electrons. The lowest BCUT2D eigenvalue weighted by Crippen LogP contribution is -2.47. The average Bonchev–Trinajstić information content (AvgIpc) is 2.70. The summed E-state index contributed by atoms with van der Waals surface area (Å²) in [6.45, 7) is 4.50. The Morgan fingerprint density at radius 2 is 2.32 bits per heavy atom. The molecule has 0 spiro atoms. The van der Waals surface area contributed by atoms with Gasteiger partial charge in [-0.1, -0.05) is 18.2 Å². The van der Waals surface area contributed by atoms with Gasteiger partial charge in [0.25, 0.3) is 0 Å². The van der Waals surface area contributed by atoms with Gasteiger partial charge in [0.15, 0.2) is 5.96 Å². The topological polar surface area (TPSA) is 55.3 Å². The van der Waals surface area contributed by atoms with E-state index in [1.54, 1.807) is 7.11 Å². The SMILES string of the molecule is CN=C(NCC1COCCO1)N1CC=C(c2cccc(OC)c2)CC1. The van der Waals surface area contributed by atoms with Crippen LogP contribution in [0, 0.1) is 0 Å². The molecule has 0 radical (unpaired) electrons. The molecule has 25 heavy (non-hydrogen) atoms. The van der Waals surface area contributed by atoms with Crippen molar-refractivity contribution < 1.29 is 14.2 Å². The van der Waals surface area contributed by atoms with Gasteiger partial charge in [-0.3, -0.25) is 4.99 Å². The van der Waals surface area contributed by atoms with E-state index in [1.165, 1.54) is 11.1 Å². The number of hydrogen-bond donors (Lipinski definition) is 1. The molecule has 0 amide bonds. The first-order valence-electron chi connectivity index (χ1n) is 8.78. The Bertz CT molecular complexity index is 624. The van der Waals surface area contributed by atoms with Gasteiger partial charge in [-0.2, -0.15) is 0 Å². The Morgan fingerprint density at radius 1 is 1.40 bits per heavy atom. The number of ether oxygens (including phenoxy) is 3. The molecule has 2 aliphatic rings. The molecule has 1 unspecified atom stereocenters. The fraction of sp³-hybridized carbons (Fsp3) is 0.526. The molecule has 0 saturated carbocycles. The first-order chi connectivity index (χ1) is 12.3. The van der Waals surface area contributed by atoms with E-state index in [0.29, 0.717) is 19.8 Å². The molecule has 1 aromatic rings. The highest BCUT2D eigenvalue weighted by Gasteiger charge is 2.19. The van der Waals surface area contributed by atoms with Crippen molar-refractivity contribution in [3.63, 3.8) is 0 Å². The summed E-state index contributed by atoms with van der Waals surface area (Å²) in [5.41, 5.74) is 2.59. The number of rotatable bonds is 4. The standard InChI is InChI=1S/C19H27N3O3/c1-20-19(21-13-18-14-24-10-11-25-18)22-8-6-15(7-9-22)16-4-3-5-17(12-16)23-2/h3-6,12,18H,7-11,13-14H2,1-2H3,(H,20,21). The maximum absolute atomic E-state index is 5.67. The number of hydrogen-bond acceptors (Lipinski definition) is 4. The predicted octanol–water partition coefficient (Wildman–Crippen LogP) is 1.78. The van der Waals surface area contributed by atoms with Crippen molar-refractivity contribution in [2.45, 2.75) is 12.5 Å². The maximum atomic E-state index is 5.67. The lowest BCUT2D eigenvalue weighted by atomic mass is 9.99. The zero-order chi connectivity index (χ0) is 17.5. The van der Waals surface area contributed by atoms with Crippen molar-refractivity contribution in [2.24, 2.45) is 4.99 Å². The molecule has 1 atom stereocenters.